The normalized spacial score (nSPS) is 13.1. The fraction of sp³-hybridized carbons (Fsp3) is 0.0588. The first-order valence-corrected chi connectivity index (χ1v) is 19.4. The lowest BCUT2D eigenvalue weighted by molar-refractivity contribution is 0.660. The molecule has 1 aliphatic carbocycles. The summed E-state index contributed by atoms with van der Waals surface area (Å²) in [5, 5.41) is 4.81. The molecule has 8 aromatic carbocycles. The van der Waals surface area contributed by atoms with Crippen LogP contribution in [0.3, 0.4) is 0 Å². The van der Waals surface area contributed by atoms with Crippen molar-refractivity contribution >= 4 is 70.5 Å². The number of hydrogen-bond donors (Lipinski definition) is 0. The molecule has 1 aliphatic rings. The predicted octanol–water partition coefficient (Wildman–Crippen LogP) is 15.1. The molecule has 2 nitrogen and oxygen atoms in total. The second-order valence-corrected chi connectivity index (χ2v) is 15.9. The average Bonchev–Trinajstić information content (AvgIpc) is 3.86. The molecule has 0 radical (unpaired) electrons. The standard InChI is InChI=1S/C51H35NOS/c1-51(2)42-21-9-6-16-36(42)37-28-26-34(31-43(37)51)52(33-27-29-46-41(30-33)38-17-7-10-23-45(38)53-46)44-22-12-19-35(32-14-4-3-5-15-32)49(44)40-20-13-25-48-50(40)39-18-8-11-24-47(39)54-48/h3-31H,1-2H3. The molecule has 10 aromatic rings. The van der Waals surface area contributed by atoms with Gasteiger partial charge in [0.05, 0.1) is 5.69 Å². The highest BCUT2D eigenvalue weighted by Gasteiger charge is 2.36. The van der Waals surface area contributed by atoms with Gasteiger partial charge in [-0.3, -0.25) is 0 Å². The number of fused-ring (bicyclic) bond motifs is 9. The molecular formula is C51H35NOS. The molecule has 0 N–H and O–H groups in total. The van der Waals surface area contributed by atoms with E-state index in [4.69, 9.17) is 4.42 Å². The number of nitrogens with zero attached hydrogens (tertiary/aromatic N) is 1. The summed E-state index contributed by atoms with van der Waals surface area (Å²) in [6.45, 7) is 4.72. The van der Waals surface area contributed by atoms with Gasteiger partial charge in [-0.05, 0) is 93.5 Å². The highest BCUT2D eigenvalue weighted by atomic mass is 32.1. The van der Waals surface area contributed by atoms with Crippen molar-refractivity contribution in [1.82, 2.24) is 0 Å². The lowest BCUT2D eigenvalue weighted by Gasteiger charge is -2.31. The van der Waals surface area contributed by atoms with Crippen LogP contribution in [0, 0.1) is 0 Å². The Labute approximate surface area is 318 Å². The van der Waals surface area contributed by atoms with E-state index in [-0.39, 0.29) is 5.41 Å². The third-order valence-electron chi connectivity index (χ3n) is 11.5. The van der Waals surface area contributed by atoms with E-state index in [1.807, 2.05) is 17.4 Å². The number of rotatable bonds is 5. The minimum Gasteiger partial charge on any atom is -0.456 e. The fourth-order valence-electron chi connectivity index (χ4n) is 8.96. The summed E-state index contributed by atoms with van der Waals surface area (Å²) in [6, 6.07) is 64.3. The Morgan fingerprint density at radius 3 is 2.02 bits per heavy atom. The average molecular weight is 710 g/mol. The van der Waals surface area contributed by atoms with Gasteiger partial charge >= 0.3 is 0 Å². The maximum absolute atomic E-state index is 6.36. The Bertz CT molecular complexity index is 3090. The van der Waals surface area contributed by atoms with E-state index in [2.05, 4.69) is 189 Å². The van der Waals surface area contributed by atoms with Gasteiger partial charge in [-0.1, -0.05) is 135 Å². The zero-order valence-corrected chi connectivity index (χ0v) is 30.8. The molecule has 0 bridgehead atoms. The summed E-state index contributed by atoms with van der Waals surface area (Å²) in [4.78, 5) is 2.48. The lowest BCUT2D eigenvalue weighted by atomic mass is 9.82. The van der Waals surface area contributed by atoms with Crippen LogP contribution >= 0.6 is 11.3 Å². The topological polar surface area (TPSA) is 16.4 Å². The zero-order chi connectivity index (χ0) is 36.0. The largest absolute Gasteiger partial charge is 0.456 e. The van der Waals surface area contributed by atoms with Crippen molar-refractivity contribution in [2.24, 2.45) is 0 Å². The zero-order valence-electron chi connectivity index (χ0n) is 30.0. The third kappa shape index (κ3) is 4.58. The third-order valence-corrected chi connectivity index (χ3v) is 12.6. The van der Waals surface area contributed by atoms with E-state index >= 15 is 0 Å². The van der Waals surface area contributed by atoms with Gasteiger partial charge in [0.15, 0.2) is 0 Å². The van der Waals surface area contributed by atoms with Gasteiger partial charge in [0.1, 0.15) is 11.2 Å². The Morgan fingerprint density at radius 2 is 1.11 bits per heavy atom. The molecular weight excluding hydrogens is 675 g/mol. The first kappa shape index (κ1) is 31.1. The van der Waals surface area contributed by atoms with Crippen molar-refractivity contribution < 1.29 is 4.42 Å². The van der Waals surface area contributed by atoms with Crippen molar-refractivity contribution in [2.75, 3.05) is 4.90 Å². The van der Waals surface area contributed by atoms with Gasteiger partial charge in [0, 0.05) is 53.3 Å². The molecule has 0 amide bonds. The van der Waals surface area contributed by atoms with E-state index in [0.29, 0.717) is 0 Å². The van der Waals surface area contributed by atoms with Crippen LogP contribution in [0.5, 0.6) is 0 Å². The summed E-state index contributed by atoms with van der Waals surface area (Å²) < 4.78 is 8.94. The van der Waals surface area contributed by atoms with Gasteiger partial charge in [0.25, 0.3) is 0 Å². The minimum absolute atomic E-state index is 0.145. The second kappa shape index (κ2) is 11.8. The van der Waals surface area contributed by atoms with Gasteiger partial charge in [-0.2, -0.15) is 0 Å². The van der Waals surface area contributed by atoms with Gasteiger partial charge < -0.3 is 9.32 Å². The van der Waals surface area contributed by atoms with Crippen LogP contribution in [0.4, 0.5) is 17.1 Å². The molecule has 2 heterocycles. The number of para-hydroxylation sites is 1. The van der Waals surface area contributed by atoms with E-state index in [9.17, 15) is 0 Å². The first-order valence-electron chi connectivity index (χ1n) is 18.6. The Balaban J connectivity index is 1.24. The number of benzene rings is 8. The van der Waals surface area contributed by atoms with Gasteiger partial charge in [-0.15, -0.1) is 11.3 Å². The molecule has 0 spiro atoms. The molecule has 11 rings (SSSR count). The Kier molecular flexibility index (Phi) is 6.80. The lowest BCUT2D eigenvalue weighted by Crippen LogP contribution is -2.17. The van der Waals surface area contributed by atoms with E-state index in [1.165, 1.54) is 64.7 Å². The van der Waals surface area contributed by atoms with E-state index in [1.54, 1.807) is 0 Å². The number of thiophene rings is 1. The smallest absolute Gasteiger partial charge is 0.135 e. The summed E-state index contributed by atoms with van der Waals surface area (Å²) >= 11 is 1.87. The number of hydrogen-bond acceptors (Lipinski definition) is 3. The molecule has 3 heteroatoms. The minimum atomic E-state index is -0.145. The van der Waals surface area contributed by atoms with Crippen LogP contribution < -0.4 is 4.90 Å². The van der Waals surface area contributed by atoms with Crippen LogP contribution in [0.2, 0.25) is 0 Å². The molecule has 0 saturated heterocycles. The van der Waals surface area contributed by atoms with Crippen molar-refractivity contribution in [3.63, 3.8) is 0 Å². The molecule has 54 heavy (non-hydrogen) atoms. The van der Waals surface area contributed by atoms with Crippen LogP contribution in [0.15, 0.2) is 180 Å². The van der Waals surface area contributed by atoms with Crippen LogP contribution in [0.25, 0.3) is 75.5 Å². The quantitative estimate of drug-likeness (QED) is 0.177. The monoisotopic (exact) mass is 709 g/mol. The number of furan rings is 1. The Hall–Kier alpha value is -6.42. The highest BCUT2D eigenvalue weighted by molar-refractivity contribution is 7.25. The predicted molar refractivity (Wildman–Crippen MR) is 230 cm³/mol. The fourth-order valence-corrected chi connectivity index (χ4v) is 10.1. The highest BCUT2D eigenvalue weighted by Crippen LogP contribution is 2.53. The molecule has 2 aromatic heterocycles. The molecule has 0 fully saturated rings. The molecule has 0 unspecified atom stereocenters. The Morgan fingerprint density at radius 1 is 0.463 bits per heavy atom. The first-order chi connectivity index (χ1) is 26.5. The second-order valence-electron chi connectivity index (χ2n) is 14.9. The maximum Gasteiger partial charge on any atom is 0.135 e. The summed E-state index contributed by atoms with van der Waals surface area (Å²) in [5.74, 6) is 0. The molecule has 0 saturated carbocycles. The SMILES string of the molecule is CC1(C)c2ccccc2-c2ccc(N(c3ccc4oc5ccccc5c4c3)c3cccc(-c4ccccc4)c3-c3cccc4sc5ccccc5c34)cc21. The molecule has 0 atom stereocenters. The summed E-state index contributed by atoms with van der Waals surface area (Å²) in [7, 11) is 0. The van der Waals surface area contributed by atoms with E-state index < -0.39 is 0 Å². The van der Waals surface area contributed by atoms with Crippen molar-refractivity contribution in [1.29, 1.82) is 0 Å². The van der Waals surface area contributed by atoms with Gasteiger partial charge in [-0.25, -0.2) is 0 Å². The van der Waals surface area contributed by atoms with Crippen molar-refractivity contribution in [3.8, 4) is 33.4 Å². The van der Waals surface area contributed by atoms with Crippen LogP contribution in [0.1, 0.15) is 25.0 Å². The number of anilines is 3. The van der Waals surface area contributed by atoms with Crippen LogP contribution in [-0.4, -0.2) is 0 Å². The van der Waals surface area contributed by atoms with Crippen molar-refractivity contribution in [3.05, 3.63) is 187 Å². The maximum atomic E-state index is 6.36. The van der Waals surface area contributed by atoms with E-state index in [0.717, 1.165) is 39.0 Å². The summed E-state index contributed by atoms with van der Waals surface area (Å²) in [6.07, 6.45) is 0. The van der Waals surface area contributed by atoms with Crippen molar-refractivity contribution in [2.45, 2.75) is 19.3 Å². The molecule has 0 aliphatic heterocycles. The summed E-state index contributed by atoms with van der Waals surface area (Å²) in [5.41, 5.74) is 15.1. The van der Waals surface area contributed by atoms with Gasteiger partial charge in [0.2, 0.25) is 0 Å². The molecule has 256 valence electrons. The van der Waals surface area contributed by atoms with Crippen LogP contribution in [-0.2, 0) is 5.41 Å².